The van der Waals surface area contributed by atoms with E-state index < -0.39 is 0 Å². The molecule has 0 bridgehead atoms. The van der Waals surface area contributed by atoms with Crippen molar-refractivity contribution in [2.24, 2.45) is 0 Å². The van der Waals surface area contributed by atoms with Crippen molar-refractivity contribution in [1.82, 2.24) is 19.5 Å². The monoisotopic (exact) mass is 472 g/mol. The first-order valence-corrected chi connectivity index (χ1v) is 12.4. The molecule has 4 heterocycles. The van der Waals surface area contributed by atoms with E-state index in [1.54, 1.807) is 0 Å². The Morgan fingerprint density at radius 1 is 0.514 bits per heavy atom. The van der Waals surface area contributed by atoms with Gasteiger partial charge in [-0.05, 0) is 41.8 Å². The minimum absolute atomic E-state index is 0.872. The largest absolute Gasteiger partial charge is 0.293 e. The number of aromatic nitrogens is 4. The molecule has 0 radical (unpaired) electrons. The van der Waals surface area contributed by atoms with Crippen LogP contribution in [-0.4, -0.2) is 19.5 Å². The lowest BCUT2D eigenvalue weighted by Gasteiger charge is -2.12. The smallest absolute Gasteiger partial charge is 0.138 e. The van der Waals surface area contributed by atoms with Gasteiger partial charge in [-0.25, -0.2) is 4.98 Å². The van der Waals surface area contributed by atoms with Gasteiger partial charge in [-0.15, -0.1) is 0 Å². The van der Waals surface area contributed by atoms with Gasteiger partial charge in [0.25, 0.3) is 0 Å². The van der Waals surface area contributed by atoms with Crippen LogP contribution < -0.4 is 0 Å². The molecule has 4 aromatic carbocycles. The van der Waals surface area contributed by atoms with Crippen molar-refractivity contribution in [3.05, 3.63) is 122 Å². The Kier molecular flexibility index (Phi) is 4.19. The summed E-state index contributed by atoms with van der Waals surface area (Å²) < 4.78 is 2.29. The van der Waals surface area contributed by atoms with Gasteiger partial charge in [-0.3, -0.25) is 14.5 Å². The number of rotatable bonds is 2. The van der Waals surface area contributed by atoms with Crippen molar-refractivity contribution in [3.63, 3.8) is 0 Å². The molecule has 0 aliphatic carbocycles. The molecule has 0 spiro atoms. The van der Waals surface area contributed by atoms with E-state index in [0.29, 0.717) is 0 Å². The summed E-state index contributed by atoms with van der Waals surface area (Å²) in [5.41, 5.74) is 6.14. The number of para-hydroxylation sites is 2. The van der Waals surface area contributed by atoms with Crippen molar-refractivity contribution in [2.45, 2.75) is 0 Å². The fourth-order valence-corrected chi connectivity index (χ4v) is 5.73. The van der Waals surface area contributed by atoms with Crippen LogP contribution in [0.2, 0.25) is 0 Å². The van der Waals surface area contributed by atoms with Crippen LogP contribution in [0.3, 0.4) is 0 Å². The van der Waals surface area contributed by atoms with Gasteiger partial charge in [0.1, 0.15) is 5.82 Å². The molecule has 8 rings (SSSR count). The van der Waals surface area contributed by atoms with Crippen LogP contribution >= 0.6 is 0 Å². The Bertz CT molecular complexity index is 2150. The number of hydrogen-bond acceptors (Lipinski definition) is 3. The standard InChI is InChI=1S/C33H20N4/c1-2-12-23-22(11-1)30-25-13-3-4-17-28(25)37(33(30)26-15-8-20-35-32(23)26)29-18-6-16-27(36-29)24-14-5-9-21-10-7-19-34-31(21)24/h1-20H. The van der Waals surface area contributed by atoms with Crippen LogP contribution in [-0.2, 0) is 0 Å². The van der Waals surface area contributed by atoms with E-state index in [2.05, 4.69) is 107 Å². The molecule has 172 valence electrons. The highest BCUT2D eigenvalue weighted by atomic mass is 15.1. The zero-order valence-electron chi connectivity index (χ0n) is 19.8. The maximum absolute atomic E-state index is 5.23. The van der Waals surface area contributed by atoms with Crippen molar-refractivity contribution >= 4 is 54.4 Å². The average Bonchev–Trinajstić information content (AvgIpc) is 3.33. The van der Waals surface area contributed by atoms with Crippen LogP contribution in [0.15, 0.2) is 122 Å². The summed E-state index contributed by atoms with van der Waals surface area (Å²) in [4.78, 5) is 14.7. The zero-order chi connectivity index (χ0) is 24.3. The minimum Gasteiger partial charge on any atom is -0.293 e. The van der Waals surface area contributed by atoms with Crippen molar-refractivity contribution in [1.29, 1.82) is 0 Å². The third-order valence-corrected chi connectivity index (χ3v) is 7.26. The normalized spacial score (nSPS) is 11.8. The fourth-order valence-electron chi connectivity index (χ4n) is 5.73. The van der Waals surface area contributed by atoms with Gasteiger partial charge in [0, 0.05) is 44.9 Å². The van der Waals surface area contributed by atoms with E-state index in [4.69, 9.17) is 9.97 Å². The van der Waals surface area contributed by atoms with Gasteiger partial charge < -0.3 is 0 Å². The first-order valence-electron chi connectivity index (χ1n) is 12.4. The molecule has 4 heteroatoms. The van der Waals surface area contributed by atoms with E-state index in [-0.39, 0.29) is 0 Å². The summed E-state index contributed by atoms with van der Waals surface area (Å²) in [5, 5.41) is 7.02. The molecule has 0 unspecified atom stereocenters. The van der Waals surface area contributed by atoms with Crippen molar-refractivity contribution < 1.29 is 0 Å². The predicted octanol–water partition coefficient (Wildman–Crippen LogP) is 8.10. The maximum atomic E-state index is 5.23. The molecular weight excluding hydrogens is 452 g/mol. The van der Waals surface area contributed by atoms with E-state index >= 15 is 0 Å². The van der Waals surface area contributed by atoms with E-state index in [1.165, 1.54) is 16.2 Å². The lowest BCUT2D eigenvalue weighted by molar-refractivity contribution is 1.09. The first-order chi connectivity index (χ1) is 18.4. The average molecular weight is 473 g/mol. The molecule has 8 aromatic rings. The Balaban J connectivity index is 1.53. The number of pyridine rings is 3. The SMILES string of the molecule is c1cc(-c2cccc3cccnc23)nc(-n2c3ccccc3c3c4ccccc4c4ncccc4c32)c1. The van der Waals surface area contributed by atoms with Crippen LogP contribution in [0.5, 0.6) is 0 Å². The van der Waals surface area contributed by atoms with Crippen molar-refractivity contribution in [2.75, 3.05) is 0 Å². The molecule has 4 aromatic heterocycles. The molecule has 0 aliphatic rings. The summed E-state index contributed by atoms with van der Waals surface area (Å²) in [6, 6.07) is 37.9. The highest BCUT2D eigenvalue weighted by Gasteiger charge is 2.20. The second-order valence-corrected chi connectivity index (χ2v) is 9.28. The predicted molar refractivity (Wildman–Crippen MR) is 152 cm³/mol. The zero-order valence-corrected chi connectivity index (χ0v) is 19.8. The molecule has 4 nitrogen and oxygen atoms in total. The topological polar surface area (TPSA) is 43.6 Å². The van der Waals surface area contributed by atoms with Crippen LogP contribution in [0.4, 0.5) is 0 Å². The van der Waals surface area contributed by atoms with Gasteiger partial charge in [-0.2, -0.15) is 0 Å². The quantitative estimate of drug-likeness (QED) is 0.239. The highest BCUT2D eigenvalue weighted by Crippen LogP contribution is 2.41. The summed E-state index contributed by atoms with van der Waals surface area (Å²) in [6.45, 7) is 0. The summed E-state index contributed by atoms with van der Waals surface area (Å²) in [6.07, 6.45) is 3.72. The molecule has 0 saturated heterocycles. The van der Waals surface area contributed by atoms with E-state index in [1.807, 2.05) is 24.5 Å². The molecule has 0 atom stereocenters. The van der Waals surface area contributed by atoms with Crippen LogP contribution in [0, 0.1) is 0 Å². The van der Waals surface area contributed by atoms with Gasteiger partial charge in [0.2, 0.25) is 0 Å². The van der Waals surface area contributed by atoms with Crippen LogP contribution in [0.1, 0.15) is 0 Å². The first kappa shape index (κ1) is 20.1. The fraction of sp³-hybridized carbons (Fsp3) is 0. The molecule has 0 aliphatic heterocycles. The second kappa shape index (κ2) is 7.70. The van der Waals surface area contributed by atoms with Gasteiger partial charge >= 0.3 is 0 Å². The van der Waals surface area contributed by atoms with Gasteiger partial charge in [-0.1, -0.05) is 72.8 Å². The Hall–Kier alpha value is -5.09. The third kappa shape index (κ3) is 2.87. The Morgan fingerprint density at radius 2 is 1.22 bits per heavy atom. The van der Waals surface area contributed by atoms with E-state index in [9.17, 15) is 0 Å². The van der Waals surface area contributed by atoms with Crippen LogP contribution in [0.25, 0.3) is 71.5 Å². The Labute approximate surface area is 212 Å². The number of fused-ring (bicyclic) bond motifs is 9. The number of benzene rings is 4. The second-order valence-electron chi connectivity index (χ2n) is 9.28. The summed E-state index contributed by atoms with van der Waals surface area (Å²) in [7, 11) is 0. The molecule has 0 fully saturated rings. The summed E-state index contributed by atoms with van der Waals surface area (Å²) >= 11 is 0. The third-order valence-electron chi connectivity index (χ3n) is 7.26. The molecule has 37 heavy (non-hydrogen) atoms. The maximum Gasteiger partial charge on any atom is 0.138 e. The van der Waals surface area contributed by atoms with Gasteiger partial charge in [0.15, 0.2) is 0 Å². The Morgan fingerprint density at radius 3 is 2.14 bits per heavy atom. The number of hydrogen-bond donors (Lipinski definition) is 0. The summed E-state index contributed by atoms with van der Waals surface area (Å²) in [5.74, 6) is 0.872. The lowest BCUT2D eigenvalue weighted by Crippen LogP contribution is -1.99. The molecule has 0 saturated carbocycles. The molecular formula is C33H20N4. The molecule has 0 amide bonds. The lowest BCUT2D eigenvalue weighted by atomic mass is 10.00. The number of nitrogens with zero attached hydrogens (tertiary/aromatic N) is 4. The van der Waals surface area contributed by atoms with Crippen molar-refractivity contribution in [3.8, 4) is 17.1 Å². The molecule has 0 N–H and O–H groups in total. The van der Waals surface area contributed by atoms with E-state index in [0.717, 1.165) is 55.3 Å². The minimum atomic E-state index is 0.872. The van der Waals surface area contributed by atoms with Gasteiger partial charge in [0.05, 0.1) is 27.8 Å². The highest BCUT2D eigenvalue weighted by molar-refractivity contribution is 6.31.